The average molecular weight is 357 g/mol. The predicted octanol–water partition coefficient (Wildman–Crippen LogP) is 0.542. The van der Waals surface area contributed by atoms with Crippen LogP contribution in [0.5, 0.6) is 0 Å². The zero-order valence-corrected chi connectivity index (χ0v) is 13.8. The number of hydrogen-bond donors (Lipinski definition) is 2. The van der Waals surface area contributed by atoms with Gasteiger partial charge in [-0.1, -0.05) is 48.3 Å². The molecule has 0 rings (SSSR count). The van der Waals surface area contributed by atoms with E-state index >= 15 is 0 Å². The van der Waals surface area contributed by atoms with Crippen molar-refractivity contribution in [1.29, 1.82) is 0 Å². The zero-order valence-electron chi connectivity index (χ0n) is 11.2. The SMILES string of the molecule is CCCCSSCCCC.NC(=O)[O-].NC(=O)[O-].[Ni+2]. The number of rotatable bonds is 7. The quantitative estimate of drug-likeness (QED) is 0.388. The van der Waals surface area contributed by atoms with Gasteiger partial charge in [-0.15, -0.1) is 0 Å². The molecule has 0 radical (unpaired) electrons. The summed E-state index contributed by atoms with van der Waals surface area (Å²) in [5.41, 5.74) is 7.83. The van der Waals surface area contributed by atoms with Crippen LogP contribution in [-0.2, 0) is 16.5 Å². The second-order valence-corrected chi connectivity index (χ2v) is 5.69. The molecule has 0 saturated carbocycles. The number of unbranched alkanes of at least 4 members (excludes halogenated alkanes) is 2. The molecule has 0 spiro atoms. The molecule has 0 saturated heterocycles. The molecule has 0 aromatic rings. The first-order valence-electron chi connectivity index (χ1n) is 5.55. The summed E-state index contributed by atoms with van der Waals surface area (Å²) in [6.45, 7) is 4.49. The maximum absolute atomic E-state index is 8.67. The third-order valence-corrected chi connectivity index (χ3v) is 3.82. The van der Waals surface area contributed by atoms with Crippen LogP contribution in [0.4, 0.5) is 9.59 Å². The molecular formula is C10H22N2NiO4S2. The minimum absolute atomic E-state index is 0. The molecule has 0 unspecified atom stereocenters. The van der Waals surface area contributed by atoms with Crippen molar-refractivity contribution < 1.29 is 36.3 Å². The summed E-state index contributed by atoms with van der Waals surface area (Å²) in [4.78, 5) is 17.3. The smallest absolute Gasteiger partial charge is 0.530 e. The molecule has 9 heteroatoms. The van der Waals surface area contributed by atoms with Crippen LogP contribution in [0.15, 0.2) is 0 Å². The summed E-state index contributed by atoms with van der Waals surface area (Å²) in [6, 6.07) is 0. The van der Waals surface area contributed by atoms with Crippen LogP contribution >= 0.6 is 21.6 Å². The number of hydrogen-bond acceptors (Lipinski definition) is 6. The Bertz CT molecular complexity index is 172. The second kappa shape index (κ2) is 26.3. The first kappa shape index (κ1) is 27.1. The van der Waals surface area contributed by atoms with E-state index in [-0.39, 0.29) is 16.5 Å². The van der Waals surface area contributed by atoms with E-state index in [9.17, 15) is 0 Å². The summed E-state index contributed by atoms with van der Waals surface area (Å²) in [5.74, 6) is 2.68. The molecular weight excluding hydrogens is 335 g/mol. The molecule has 0 aliphatic carbocycles. The summed E-state index contributed by atoms with van der Waals surface area (Å²) in [5, 5.41) is 17.3. The fourth-order valence-corrected chi connectivity index (χ4v) is 2.99. The Morgan fingerprint density at radius 1 is 0.895 bits per heavy atom. The summed E-state index contributed by atoms with van der Waals surface area (Å²) < 4.78 is 0. The molecule has 0 fully saturated rings. The topological polar surface area (TPSA) is 132 Å². The van der Waals surface area contributed by atoms with Crippen LogP contribution in [0.1, 0.15) is 39.5 Å². The third-order valence-electron chi connectivity index (χ3n) is 1.25. The van der Waals surface area contributed by atoms with Crippen LogP contribution in [0.3, 0.4) is 0 Å². The molecule has 0 bridgehead atoms. The standard InChI is InChI=1S/C8H18S2.2CH3NO2.Ni/c1-3-5-7-9-10-8-6-4-2;2*2-1(3)4;/h3-8H2,1-2H3;2*2H2,(H,3,4);/q;;;+2/p-2. The van der Waals surface area contributed by atoms with Gasteiger partial charge in [0.15, 0.2) is 0 Å². The fourth-order valence-electron chi connectivity index (χ4n) is 0.524. The van der Waals surface area contributed by atoms with E-state index in [1.54, 1.807) is 0 Å². The van der Waals surface area contributed by atoms with E-state index in [0.717, 1.165) is 0 Å². The molecule has 0 aliphatic rings. The number of primary amides is 2. The van der Waals surface area contributed by atoms with Gasteiger partial charge in [-0.3, -0.25) is 0 Å². The Kier molecular flexibility index (Phi) is 37.6. The van der Waals surface area contributed by atoms with Crippen molar-refractivity contribution in [1.82, 2.24) is 0 Å². The molecule has 0 aromatic carbocycles. The molecule has 0 aromatic heterocycles. The number of nitrogens with two attached hydrogens (primary N) is 2. The Hall–Kier alpha value is -0.266. The van der Waals surface area contributed by atoms with Crippen molar-refractivity contribution in [2.75, 3.05) is 11.5 Å². The zero-order chi connectivity index (χ0) is 14.8. The van der Waals surface area contributed by atoms with Crippen LogP contribution in [0.25, 0.3) is 0 Å². The van der Waals surface area contributed by atoms with Crippen molar-refractivity contribution in [2.24, 2.45) is 11.5 Å². The number of carbonyl (C=O) groups is 2. The van der Waals surface area contributed by atoms with E-state index in [1.807, 2.05) is 21.6 Å². The number of carbonyl (C=O) groups excluding carboxylic acids is 2. The second-order valence-electron chi connectivity index (χ2n) is 2.99. The third kappa shape index (κ3) is 96.8. The molecule has 0 atom stereocenters. The van der Waals surface area contributed by atoms with Gasteiger partial charge in [0.25, 0.3) is 0 Å². The molecule has 0 heterocycles. The van der Waals surface area contributed by atoms with E-state index in [0.29, 0.717) is 0 Å². The minimum atomic E-state index is -1.58. The van der Waals surface area contributed by atoms with Gasteiger partial charge in [-0.2, -0.15) is 0 Å². The Morgan fingerprint density at radius 3 is 1.26 bits per heavy atom. The molecule has 118 valence electrons. The van der Waals surface area contributed by atoms with Crippen molar-refractivity contribution in [3.8, 4) is 0 Å². The molecule has 2 amide bonds. The van der Waals surface area contributed by atoms with Crippen LogP contribution < -0.4 is 21.7 Å². The van der Waals surface area contributed by atoms with Crippen molar-refractivity contribution in [2.45, 2.75) is 39.5 Å². The van der Waals surface area contributed by atoms with Gasteiger partial charge >= 0.3 is 16.5 Å². The van der Waals surface area contributed by atoms with Crippen LogP contribution in [0, 0.1) is 0 Å². The fraction of sp³-hybridized carbons (Fsp3) is 0.800. The van der Waals surface area contributed by atoms with Gasteiger partial charge < -0.3 is 31.3 Å². The van der Waals surface area contributed by atoms with Crippen molar-refractivity contribution >= 4 is 33.8 Å². The van der Waals surface area contributed by atoms with Gasteiger partial charge in [0.2, 0.25) is 0 Å². The van der Waals surface area contributed by atoms with Crippen molar-refractivity contribution in [3.63, 3.8) is 0 Å². The number of amides is 2. The largest absolute Gasteiger partial charge is 2.00 e. The first-order valence-corrected chi connectivity index (χ1v) is 8.04. The van der Waals surface area contributed by atoms with E-state index in [1.165, 1.54) is 37.2 Å². The molecule has 4 N–H and O–H groups in total. The molecule has 0 aliphatic heterocycles. The summed E-state index contributed by atoms with van der Waals surface area (Å²) in [7, 11) is 4.07. The van der Waals surface area contributed by atoms with E-state index in [4.69, 9.17) is 19.8 Å². The van der Waals surface area contributed by atoms with Gasteiger partial charge in [0.1, 0.15) is 12.2 Å². The van der Waals surface area contributed by atoms with Gasteiger partial charge in [0.05, 0.1) is 0 Å². The maximum atomic E-state index is 8.67. The molecule has 6 nitrogen and oxygen atoms in total. The minimum Gasteiger partial charge on any atom is -0.530 e. The normalized spacial score (nSPS) is 7.89. The van der Waals surface area contributed by atoms with E-state index in [2.05, 4.69) is 25.3 Å². The summed E-state index contributed by atoms with van der Waals surface area (Å²) >= 11 is 0. The predicted molar refractivity (Wildman–Crippen MR) is 73.9 cm³/mol. The molecule has 19 heavy (non-hydrogen) atoms. The van der Waals surface area contributed by atoms with Gasteiger partial charge in [-0.25, -0.2) is 0 Å². The average Bonchev–Trinajstić information content (AvgIpc) is 2.22. The van der Waals surface area contributed by atoms with Crippen molar-refractivity contribution in [3.05, 3.63) is 0 Å². The van der Waals surface area contributed by atoms with E-state index < -0.39 is 12.2 Å². The van der Waals surface area contributed by atoms with Crippen LogP contribution in [0.2, 0.25) is 0 Å². The summed E-state index contributed by atoms with van der Waals surface area (Å²) in [6.07, 6.45) is 2.26. The number of carboxylic acid groups (broad SMARTS) is 2. The Morgan fingerprint density at radius 2 is 1.11 bits per heavy atom. The van der Waals surface area contributed by atoms with Gasteiger partial charge in [0, 0.05) is 11.5 Å². The van der Waals surface area contributed by atoms with Crippen LogP contribution in [-0.4, -0.2) is 23.7 Å². The first-order chi connectivity index (χ1) is 8.38. The maximum Gasteiger partial charge on any atom is 2.00 e. The van der Waals surface area contributed by atoms with Gasteiger partial charge in [-0.05, 0) is 12.8 Å². The monoisotopic (exact) mass is 356 g/mol. The Labute approximate surface area is 132 Å². The Balaban J connectivity index is -0.000000105.